The van der Waals surface area contributed by atoms with Crippen molar-refractivity contribution in [1.29, 1.82) is 4.78 Å². The molecule has 1 unspecified atom stereocenters. The van der Waals surface area contributed by atoms with E-state index < -0.39 is 9.73 Å². The highest BCUT2D eigenvalue weighted by molar-refractivity contribution is 7.91. The number of benzene rings is 3. The minimum Gasteiger partial charge on any atom is -0.394 e. The first-order valence-electron chi connectivity index (χ1n) is 11.8. The number of rotatable bonds is 9. The van der Waals surface area contributed by atoms with Gasteiger partial charge in [0.15, 0.2) is 0 Å². The number of amides is 2. The zero-order valence-corrected chi connectivity index (χ0v) is 21.8. The Balaban J connectivity index is 1.54. The fourth-order valence-corrected chi connectivity index (χ4v) is 4.23. The van der Waals surface area contributed by atoms with Crippen molar-refractivity contribution in [3.8, 4) is 11.1 Å². The summed E-state index contributed by atoms with van der Waals surface area (Å²) in [6.07, 6.45) is 3.02. The standard InChI is InChI=1S/C27H29N7O3S/c1-18(17-35)30-25-24(16-29-26(34-25)31-22-9-6-10-23(15-22)38(2,28)37)19-11-13-21(14-12-19)33-27(36)32-20-7-4-3-5-8-20/h3-16,18,28,35H,17H2,1-2H3,(H2,32,33,36)(H2,29,30,31,34)/t18-,38?/m1/s1. The monoisotopic (exact) mass is 531 g/mol. The first-order valence-corrected chi connectivity index (χ1v) is 13.8. The molecule has 0 fully saturated rings. The maximum absolute atomic E-state index is 12.3. The predicted molar refractivity (Wildman–Crippen MR) is 151 cm³/mol. The van der Waals surface area contributed by atoms with E-state index in [0.717, 1.165) is 5.56 Å². The number of hydrogen-bond donors (Lipinski definition) is 6. The summed E-state index contributed by atoms with van der Waals surface area (Å²) in [7, 11) is -2.87. The molecule has 38 heavy (non-hydrogen) atoms. The van der Waals surface area contributed by atoms with E-state index in [-0.39, 0.29) is 18.7 Å². The molecule has 0 saturated carbocycles. The third kappa shape index (κ3) is 7.05. The smallest absolute Gasteiger partial charge is 0.323 e. The van der Waals surface area contributed by atoms with Crippen molar-refractivity contribution in [3.63, 3.8) is 0 Å². The fourth-order valence-electron chi connectivity index (χ4n) is 3.54. The Morgan fingerprint density at radius 2 is 1.63 bits per heavy atom. The van der Waals surface area contributed by atoms with Gasteiger partial charge in [0.25, 0.3) is 0 Å². The van der Waals surface area contributed by atoms with E-state index in [0.29, 0.717) is 39.3 Å². The maximum atomic E-state index is 12.3. The molecule has 0 saturated heterocycles. The second-order valence-corrected chi connectivity index (χ2v) is 10.9. The van der Waals surface area contributed by atoms with Crippen LogP contribution < -0.4 is 21.3 Å². The Labute approximate surface area is 221 Å². The van der Waals surface area contributed by atoms with E-state index in [1.807, 2.05) is 37.3 Å². The molecule has 10 nitrogen and oxygen atoms in total. The number of urea groups is 1. The lowest BCUT2D eigenvalue weighted by atomic mass is 10.1. The lowest BCUT2D eigenvalue weighted by molar-refractivity contribution is 0.262. The fraction of sp³-hybridized carbons (Fsp3) is 0.148. The topological polar surface area (TPSA) is 152 Å². The lowest BCUT2D eigenvalue weighted by Crippen LogP contribution is -2.21. The molecule has 1 heterocycles. The number of carbonyl (C=O) groups is 1. The van der Waals surface area contributed by atoms with Crippen molar-refractivity contribution in [2.45, 2.75) is 17.9 Å². The van der Waals surface area contributed by atoms with Crippen LogP contribution in [0, 0.1) is 4.78 Å². The minimum absolute atomic E-state index is 0.0952. The molecule has 0 spiro atoms. The van der Waals surface area contributed by atoms with E-state index >= 15 is 0 Å². The molecular formula is C27H29N7O3S. The van der Waals surface area contributed by atoms with Crippen LogP contribution in [0.2, 0.25) is 0 Å². The van der Waals surface area contributed by atoms with Crippen molar-refractivity contribution in [2.75, 3.05) is 34.1 Å². The molecular weight excluding hydrogens is 502 g/mol. The molecule has 0 radical (unpaired) electrons. The van der Waals surface area contributed by atoms with Gasteiger partial charge in [0.1, 0.15) is 5.82 Å². The van der Waals surface area contributed by atoms with Gasteiger partial charge in [0, 0.05) is 46.0 Å². The van der Waals surface area contributed by atoms with Gasteiger partial charge in [0.05, 0.1) is 16.3 Å². The summed E-state index contributed by atoms with van der Waals surface area (Å²) in [5, 5.41) is 21.4. The summed E-state index contributed by atoms with van der Waals surface area (Å²) < 4.78 is 19.9. The number of hydrogen-bond acceptors (Lipinski definition) is 8. The van der Waals surface area contributed by atoms with Crippen molar-refractivity contribution in [1.82, 2.24) is 9.97 Å². The molecule has 2 atom stereocenters. The maximum Gasteiger partial charge on any atom is 0.323 e. The van der Waals surface area contributed by atoms with Gasteiger partial charge in [0.2, 0.25) is 5.95 Å². The minimum atomic E-state index is -2.87. The predicted octanol–water partition coefficient (Wildman–Crippen LogP) is 5.36. The molecule has 0 aliphatic heterocycles. The number of para-hydroxylation sites is 1. The second kappa shape index (κ2) is 11.7. The van der Waals surface area contributed by atoms with Gasteiger partial charge in [-0.3, -0.25) is 0 Å². The molecule has 3 aromatic carbocycles. The SMILES string of the molecule is C[C@H](CO)Nc1nc(Nc2cccc(S(C)(=N)=O)c2)ncc1-c1ccc(NC(=O)Nc2ccccc2)cc1. The average molecular weight is 532 g/mol. The van der Waals surface area contributed by atoms with Gasteiger partial charge in [-0.05, 0) is 55.0 Å². The number of aromatic nitrogens is 2. The van der Waals surface area contributed by atoms with Crippen molar-refractivity contribution >= 4 is 44.6 Å². The van der Waals surface area contributed by atoms with Crippen LogP contribution in [0.5, 0.6) is 0 Å². The molecule has 0 bridgehead atoms. The van der Waals surface area contributed by atoms with Crippen LogP contribution >= 0.6 is 0 Å². The summed E-state index contributed by atoms with van der Waals surface area (Å²) in [4.78, 5) is 21.7. The first-order chi connectivity index (χ1) is 18.2. The highest BCUT2D eigenvalue weighted by Gasteiger charge is 2.13. The van der Waals surface area contributed by atoms with Gasteiger partial charge in [-0.25, -0.2) is 18.8 Å². The number of aliphatic hydroxyl groups excluding tert-OH is 1. The van der Waals surface area contributed by atoms with Crippen LogP contribution in [0.25, 0.3) is 11.1 Å². The zero-order valence-electron chi connectivity index (χ0n) is 20.9. The van der Waals surface area contributed by atoms with Gasteiger partial charge in [-0.1, -0.05) is 36.4 Å². The molecule has 6 N–H and O–H groups in total. The van der Waals surface area contributed by atoms with E-state index in [9.17, 15) is 14.1 Å². The van der Waals surface area contributed by atoms with Gasteiger partial charge in [-0.2, -0.15) is 4.98 Å². The van der Waals surface area contributed by atoms with Crippen molar-refractivity contribution < 1.29 is 14.1 Å². The summed E-state index contributed by atoms with van der Waals surface area (Å²) in [6.45, 7) is 1.73. The molecule has 2 amide bonds. The third-order valence-corrected chi connectivity index (χ3v) is 6.62. The highest BCUT2D eigenvalue weighted by Crippen LogP contribution is 2.29. The van der Waals surface area contributed by atoms with Crippen LogP contribution in [-0.4, -0.2) is 44.2 Å². The van der Waals surface area contributed by atoms with Crippen LogP contribution in [0.15, 0.2) is 90.0 Å². The summed E-state index contributed by atoms with van der Waals surface area (Å²) in [5.41, 5.74) is 3.41. The second-order valence-electron chi connectivity index (χ2n) is 8.70. The number of anilines is 5. The Bertz CT molecular complexity index is 1510. The van der Waals surface area contributed by atoms with Crippen LogP contribution in [-0.2, 0) is 9.73 Å². The van der Waals surface area contributed by atoms with E-state index in [4.69, 9.17) is 4.78 Å². The van der Waals surface area contributed by atoms with Crippen LogP contribution in [0.4, 0.5) is 33.6 Å². The van der Waals surface area contributed by atoms with Gasteiger partial charge in [-0.15, -0.1) is 0 Å². The number of nitrogens with one attached hydrogen (secondary N) is 5. The Kier molecular flexibility index (Phi) is 8.19. The summed E-state index contributed by atoms with van der Waals surface area (Å²) in [6, 6.07) is 22.5. The molecule has 1 aromatic heterocycles. The first kappa shape index (κ1) is 26.6. The quantitative estimate of drug-likeness (QED) is 0.170. The van der Waals surface area contributed by atoms with Gasteiger partial charge < -0.3 is 26.4 Å². The van der Waals surface area contributed by atoms with Gasteiger partial charge >= 0.3 is 6.03 Å². The highest BCUT2D eigenvalue weighted by atomic mass is 32.2. The number of nitrogens with zero attached hydrogens (tertiary/aromatic N) is 2. The van der Waals surface area contributed by atoms with E-state index in [2.05, 4.69) is 31.2 Å². The molecule has 4 rings (SSSR count). The molecule has 0 aliphatic carbocycles. The number of carbonyl (C=O) groups excluding carboxylic acids is 1. The zero-order chi connectivity index (χ0) is 27.1. The van der Waals surface area contributed by atoms with Crippen molar-refractivity contribution in [3.05, 3.63) is 85.1 Å². The molecule has 4 aromatic rings. The molecule has 0 aliphatic rings. The normalized spacial score (nSPS) is 13.1. The van der Waals surface area contributed by atoms with E-state index in [1.165, 1.54) is 6.26 Å². The Morgan fingerprint density at radius 3 is 2.29 bits per heavy atom. The molecule has 196 valence electrons. The van der Waals surface area contributed by atoms with Crippen molar-refractivity contribution in [2.24, 2.45) is 0 Å². The number of aliphatic hydroxyl groups is 1. The van der Waals surface area contributed by atoms with Crippen LogP contribution in [0.3, 0.4) is 0 Å². The third-order valence-electron chi connectivity index (χ3n) is 5.47. The lowest BCUT2D eigenvalue weighted by Gasteiger charge is -2.17. The largest absolute Gasteiger partial charge is 0.394 e. The molecule has 11 heteroatoms. The van der Waals surface area contributed by atoms with E-state index in [1.54, 1.807) is 54.7 Å². The Hall–Kier alpha value is -4.48. The summed E-state index contributed by atoms with van der Waals surface area (Å²) in [5.74, 6) is 0.796. The average Bonchev–Trinajstić information content (AvgIpc) is 2.89. The Morgan fingerprint density at radius 1 is 0.974 bits per heavy atom. The van der Waals surface area contributed by atoms with Crippen LogP contribution in [0.1, 0.15) is 6.92 Å². The summed E-state index contributed by atoms with van der Waals surface area (Å²) >= 11 is 0.